The number of rotatable bonds is 2. The summed E-state index contributed by atoms with van der Waals surface area (Å²) in [6.07, 6.45) is -1.84. The first-order chi connectivity index (χ1) is 13.7. The van der Waals surface area contributed by atoms with Crippen LogP contribution in [0.3, 0.4) is 0 Å². The number of methoxy groups -OCH3 is 1. The van der Waals surface area contributed by atoms with Gasteiger partial charge in [-0.1, -0.05) is 0 Å². The van der Waals surface area contributed by atoms with E-state index in [4.69, 9.17) is 9.47 Å². The Morgan fingerprint density at radius 1 is 1.03 bits per heavy atom. The second-order valence-corrected chi connectivity index (χ2v) is 8.06. The number of alkyl carbamates (subject to hydrolysis) is 1. The number of hydrogen-bond acceptors (Lipinski definition) is 7. The summed E-state index contributed by atoms with van der Waals surface area (Å²) in [5.74, 6) is -0.937. The normalized spacial score (nSPS) is 11.7. The molecular formula is C20H26N4O6. The maximum atomic E-state index is 12.1. The van der Waals surface area contributed by atoms with Gasteiger partial charge in [0.15, 0.2) is 0 Å². The molecule has 1 aromatic rings. The molecule has 162 valence electrons. The highest BCUT2D eigenvalue weighted by Gasteiger charge is 2.21. The number of nitriles is 1. The molecule has 1 rings (SSSR count). The molecule has 0 fully saturated rings. The summed E-state index contributed by atoms with van der Waals surface area (Å²) in [7, 11) is 1.22. The van der Waals surface area contributed by atoms with Crippen LogP contribution in [0.4, 0.5) is 15.3 Å². The highest BCUT2D eigenvalue weighted by Crippen LogP contribution is 2.18. The van der Waals surface area contributed by atoms with E-state index in [1.54, 1.807) is 41.5 Å². The number of ether oxygens (including phenoxy) is 3. The van der Waals surface area contributed by atoms with Crippen LogP contribution in [0.1, 0.15) is 57.5 Å². The maximum absolute atomic E-state index is 12.1. The van der Waals surface area contributed by atoms with Gasteiger partial charge in [0.25, 0.3) is 0 Å². The zero-order valence-corrected chi connectivity index (χ0v) is 18.1. The molecule has 0 atom stereocenters. The van der Waals surface area contributed by atoms with Crippen molar-refractivity contribution >= 4 is 29.8 Å². The van der Waals surface area contributed by atoms with Crippen molar-refractivity contribution in [2.45, 2.75) is 52.7 Å². The number of nitrogens with zero attached hydrogens (tertiary/aromatic N) is 2. The fourth-order valence-electron chi connectivity index (χ4n) is 1.98. The molecule has 10 nitrogen and oxygen atoms in total. The molecule has 2 N–H and O–H groups in total. The van der Waals surface area contributed by atoms with Gasteiger partial charge >= 0.3 is 18.2 Å². The Bertz CT molecular complexity index is 888. The summed E-state index contributed by atoms with van der Waals surface area (Å²) in [5, 5.41) is 14.4. The topological polar surface area (TPSA) is 139 Å². The minimum Gasteiger partial charge on any atom is -0.465 e. The summed E-state index contributed by atoms with van der Waals surface area (Å²) < 4.78 is 14.9. The summed E-state index contributed by atoms with van der Waals surface area (Å²) in [6, 6.07) is 6.04. The second kappa shape index (κ2) is 9.73. The Morgan fingerprint density at radius 2 is 1.63 bits per heavy atom. The quantitative estimate of drug-likeness (QED) is 0.321. The van der Waals surface area contributed by atoms with Gasteiger partial charge in [0.2, 0.25) is 5.96 Å². The number of guanidine groups is 1. The van der Waals surface area contributed by atoms with Crippen LogP contribution >= 0.6 is 0 Å². The lowest BCUT2D eigenvalue weighted by Gasteiger charge is -2.21. The average molecular weight is 418 g/mol. The van der Waals surface area contributed by atoms with Crippen LogP contribution in [0.5, 0.6) is 0 Å². The molecule has 30 heavy (non-hydrogen) atoms. The lowest BCUT2D eigenvalue weighted by molar-refractivity contribution is 0.0559. The van der Waals surface area contributed by atoms with Crippen molar-refractivity contribution in [2.24, 2.45) is 4.99 Å². The number of esters is 1. The van der Waals surface area contributed by atoms with Crippen LogP contribution in [0, 0.1) is 11.3 Å². The van der Waals surface area contributed by atoms with Crippen molar-refractivity contribution < 1.29 is 28.6 Å². The molecule has 0 aliphatic rings. The Kier molecular flexibility index (Phi) is 7.93. The first-order valence-corrected chi connectivity index (χ1v) is 8.95. The molecule has 0 saturated heterocycles. The van der Waals surface area contributed by atoms with E-state index in [1.807, 2.05) is 6.07 Å². The zero-order chi connectivity index (χ0) is 23.1. The molecule has 0 radical (unpaired) electrons. The first-order valence-electron chi connectivity index (χ1n) is 8.95. The average Bonchev–Trinajstić information content (AvgIpc) is 2.57. The Labute approximate surface area is 175 Å². The Morgan fingerprint density at radius 3 is 2.13 bits per heavy atom. The molecule has 0 spiro atoms. The van der Waals surface area contributed by atoms with Gasteiger partial charge in [-0.25, -0.2) is 14.4 Å². The summed E-state index contributed by atoms with van der Waals surface area (Å²) in [5.41, 5.74) is -1.20. The number of carbonyl (C=O) groups excluding carboxylic acids is 3. The molecule has 0 bridgehead atoms. The molecule has 0 aromatic heterocycles. The number of benzene rings is 1. The first kappa shape index (κ1) is 24.4. The van der Waals surface area contributed by atoms with E-state index in [0.29, 0.717) is 0 Å². The van der Waals surface area contributed by atoms with Gasteiger partial charge in [0.05, 0.1) is 23.9 Å². The lowest BCUT2D eigenvalue weighted by atomic mass is 10.1. The smallest absolute Gasteiger partial charge is 0.437 e. The van der Waals surface area contributed by atoms with Gasteiger partial charge in [-0.3, -0.25) is 5.32 Å². The maximum Gasteiger partial charge on any atom is 0.437 e. The number of hydrogen-bond donors (Lipinski definition) is 2. The zero-order valence-electron chi connectivity index (χ0n) is 18.1. The van der Waals surface area contributed by atoms with Gasteiger partial charge in [-0.05, 0) is 59.7 Å². The largest absolute Gasteiger partial charge is 0.465 e. The highest BCUT2D eigenvalue weighted by molar-refractivity contribution is 6.06. The van der Waals surface area contributed by atoms with Crippen LogP contribution in [-0.4, -0.2) is 42.4 Å². The van der Waals surface area contributed by atoms with Gasteiger partial charge in [0.1, 0.15) is 17.3 Å². The van der Waals surface area contributed by atoms with E-state index in [1.165, 1.54) is 25.3 Å². The van der Waals surface area contributed by atoms with Crippen molar-refractivity contribution in [1.82, 2.24) is 5.32 Å². The van der Waals surface area contributed by atoms with Crippen molar-refractivity contribution in [1.29, 1.82) is 5.26 Å². The van der Waals surface area contributed by atoms with Gasteiger partial charge in [-0.2, -0.15) is 5.26 Å². The third-order valence-electron chi connectivity index (χ3n) is 3.03. The van der Waals surface area contributed by atoms with Crippen LogP contribution in [0.15, 0.2) is 23.2 Å². The molecule has 0 saturated carbocycles. The highest BCUT2D eigenvalue weighted by atomic mass is 16.6. The fourth-order valence-corrected chi connectivity index (χ4v) is 1.98. The van der Waals surface area contributed by atoms with Crippen molar-refractivity contribution in [2.75, 3.05) is 12.4 Å². The lowest BCUT2D eigenvalue weighted by Crippen LogP contribution is -2.40. The minimum absolute atomic E-state index is 0.0563. The Balaban J connectivity index is 3.22. The van der Waals surface area contributed by atoms with Crippen molar-refractivity contribution in [3.63, 3.8) is 0 Å². The van der Waals surface area contributed by atoms with Crippen LogP contribution in [0.25, 0.3) is 0 Å². The van der Waals surface area contributed by atoms with Gasteiger partial charge in [0, 0.05) is 0 Å². The number of amides is 2. The molecule has 0 aliphatic carbocycles. The molecule has 2 amide bonds. The standard InChI is InChI=1S/C20H26N4O6/c1-19(2,3)29-17(26)23-16(24-18(27)30-20(4,5)6)22-14-9-8-12(15(25)28-7)10-13(14)11-21/h8-10H,1-7H3,(H2,22,23,24,26,27). The van der Waals surface area contributed by atoms with Crippen LogP contribution in [0.2, 0.25) is 0 Å². The predicted molar refractivity (Wildman–Crippen MR) is 109 cm³/mol. The molecule has 0 aliphatic heterocycles. The van der Waals surface area contributed by atoms with E-state index < -0.39 is 29.4 Å². The third-order valence-corrected chi connectivity index (χ3v) is 3.03. The van der Waals surface area contributed by atoms with Crippen molar-refractivity contribution in [3.05, 3.63) is 29.3 Å². The monoisotopic (exact) mass is 418 g/mol. The van der Waals surface area contributed by atoms with Gasteiger partial charge in [-0.15, -0.1) is 4.99 Å². The fraction of sp³-hybridized carbons (Fsp3) is 0.450. The molecule has 0 heterocycles. The third kappa shape index (κ3) is 8.60. The van der Waals surface area contributed by atoms with Crippen molar-refractivity contribution in [3.8, 4) is 6.07 Å². The van der Waals surface area contributed by atoms with E-state index >= 15 is 0 Å². The van der Waals surface area contributed by atoms with Crippen LogP contribution in [-0.2, 0) is 14.2 Å². The Hall–Kier alpha value is -3.61. The minimum atomic E-state index is -0.967. The summed E-state index contributed by atoms with van der Waals surface area (Å²) in [6.45, 7) is 9.99. The number of anilines is 1. The molecule has 10 heteroatoms. The van der Waals surface area contributed by atoms with E-state index in [-0.39, 0.29) is 22.8 Å². The van der Waals surface area contributed by atoms with Crippen LogP contribution < -0.4 is 10.6 Å². The van der Waals surface area contributed by atoms with E-state index in [9.17, 15) is 19.6 Å². The van der Waals surface area contributed by atoms with E-state index in [0.717, 1.165) is 0 Å². The summed E-state index contributed by atoms with van der Waals surface area (Å²) >= 11 is 0. The SMILES string of the molecule is COC(=O)c1ccc(N/C(=N/C(=O)OC(C)(C)C)NC(=O)OC(C)(C)C)c(C#N)c1. The van der Waals surface area contributed by atoms with Gasteiger partial charge < -0.3 is 19.5 Å². The number of carbonyl (C=O) groups is 3. The molecule has 1 aromatic carbocycles. The van der Waals surface area contributed by atoms with E-state index in [2.05, 4.69) is 20.4 Å². The number of nitrogens with one attached hydrogen (secondary N) is 2. The second-order valence-electron chi connectivity index (χ2n) is 8.06. The summed E-state index contributed by atoms with van der Waals surface area (Å²) in [4.78, 5) is 39.6. The molecule has 0 unspecified atom stereocenters. The predicted octanol–water partition coefficient (Wildman–Crippen LogP) is 3.57. The number of aliphatic imine (C=N–C) groups is 1. The molecular weight excluding hydrogens is 392 g/mol.